The number of carbonyl (C=O) groups is 1. The van der Waals surface area contributed by atoms with E-state index in [1.54, 1.807) is 0 Å². The van der Waals surface area contributed by atoms with Gasteiger partial charge in [-0.25, -0.2) is 0 Å². The van der Waals surface area contributed by atoms with Gasteiger partial charge in [-0.15, -0.1) is 0 Å². The molecule has 2 unspecified atom stereocenters. The summed E-state index contributed by atoms with van der Waals surface area (Å²) < 4.78 is 0. The van der Waals surface area contributed by atoms with Crippen LogP contribution in [0, 0.1) is 11.8 Å². The van der Waals surface area contributed by atoms with Crippen LogP contribution >= 0.6 is 0 Å². The molecular formula is C22H30N2O. The van der Waals surface area contributed by atoms with Crippen molar-refractivity contribution in [1.29, 1.82) is 0 Å². The van der Waals surface area contributed by atoms with Crippen molar-refractivity contribution < 1.29 is 4.79 Å². The number of pyridine rings is 1. The summed E-state index contributed by atoms with van der Waals surface area (Å²) >= 11 is 0. The van der Waals surface area contributed by atoms with Gasteiger partial charge in [-0.1, -0.05) is 57.5 Å². The highest BCUT2D eigenvalue weighted by Gasteiger charge is 2.11. The van der Waals surface area contributed by atoms with E-state index in [2.05, 4.69) is 61.4 Å². The van der Waals surface area contributed by atoms with E-state index < -0.39 is 0 Å². The number of amides is 1. The highest BCUT2D eigenvalue weighted by Crippen LogP contribution is 2.20. The summed E-state index contributed by atoms with van der Waals surface area (Å²) in [6.07, 6.45) is 7.16. The number of rotatable bonds is 8. The highest BCUT2D eigenvalue weighted by molar-refractivity contribution is 5.72. The van der Waals surface area contributed by atoms with Crippen LogP contribution in [0.2, 0.25) is 0 Å². The molecule has 134 valence electrons. The predicted octanol–water partition coefficient (Wildman–Crippen LogP) is 4.53. The molecule has 0 saturated heterocycles. The molecule has 1 aromatic heterocycles. The summed E-state index contributed by atoms with van der Waals surface area (Å²) in [5.74, 6) is 1.41. The van der Waals surface area contributed by atoms with Crippen molar-refractivity contribution in [1.82, 2.24) is 10.3 Å². The summed E-state index contributed by atoms with van der Waals surface area (Å²) in [6.45, 7) is 9.03. The molecule has 0 spiro atoms. The minimum atomic E-state index is -0.00131. The lowest BCUT2D eigenvalue weighted by Gasteiger charge is -2.18. The van der Waals surface area contributed by atoms with Crippen LogP contribution in [-0.2, 0) is 24.2 Å². The maximum absolute atomic E-state index is 11.0. The van der Waals surface area contributed by atoms with Gasteiger partial charge in [0.25, 0.3) is 0 Å². The number of aromatic nitrogens is 1. The lowest BCUT2D eigenvalue weighted by atomic mass is 9.88. The third-order valence-electron chi connectivity index (χ3n) is 5.00. The van der Waals surface area contributed by atoms with Gasteiger partial charge in [0.1, 0.15) is 0 Å². The molecule has 25 heavy (non-hydrogen) atoms. The summed E-state index contributed by atoms with van der Waals surface area (Å²) in [7, 11) is 0. The second kappa shape index (κ2) is 9.36. The van der Waals surface area contributed by atoms with E-state index in [1.807, 2.05) is 12.4 Å². The van der Waals surface area contributed by atoms with Gasteiger partial charge in [-0.05, 0) is 46.9 Å². The zero-order chi connectivity index (χ0) is 18.2. The molecule has 1 heterocycles. The van der Waals surface area contributed by atoms with Gasteiger partial charge < -0.3 is 5.32 Å². The Morgan fingerprint density at radius 2 is 1.64 bits per heavy atom. The van der Waals surface area contributed by atoms with E-state index in [9.17, 15) is 4.79 Å². The van der Waals surface area contributed by atoms with Crippen molar-refractivity contribution in [3.05, 3.63) is 65.0 Å². The molecular weight excluding hydrogens is 308 g/mol. The predicted molar refractivity (Wildman–Crippen MR) is 103 cm³/mol. The van der Waals surface area contributed by atoms with Gasteiger partial charge in [0.05, 0.1) is 0 Å². The van der Waals surface area contributed by atoms with Crippen LogP contribution in [0.1, 0.15) is 56.4 Å². The lowest BCUT2D eigenvalue weighted by molar-refractivity contribution is -0.119. The summed E-state index contributed by atoms with van der Waals surface area (Å²) in [6, 6.07) is 10.7. The average Bonchev–Trinajstić information content (AvgIpc) is 2.60. The van der Waals surface area contributed by atoms with Crippen LogP contribution in [0.5, 0.6) is 0 Å². The number of hydrogen-bond donors (Lipinski definition) is 1. The van der Waals surface area contributed by atoms with Crippen molar-refractivity contribution in [3.63, 3.8) is 0 Å². The number of carbonyl (C=O) groups excluding carboxylic acids is 1. The van der Waals surface area contributed by atoms with E-state index in [1.165, 1.54) is 30.0 Å². The summed E-state index contributed by atoms with van der Waals surface area (Å²) in [4.78, 5) is 15.4. The third kappa shape index (κ3) is 6.33. The van der Waals surface area contributed by atoms with Gasteiger partial charge in [0.15, 0.2) is 0 Å². The van der Waals surface area contributed by atoms with Crippen molar-refractivity contribution in [2.45, 2.75) is 53.5 Å². The van der Waals surface area contributed by atoms with E-state index in [0.29, 0.717) is 12.5 Å². The van der Waals surface area contributed by atoms with Crippen molar-refractivity contribution in [2.24, 2.45) is 11.8 Å². The van der Waals surface area contributed by atoms with E-state index in [4.69, 9.17) is 0 Å². The minimum Gasteiger partial charge on any atom is -0.352 e. The molecule has 0 aliphatic heterocycles. The maximum atomic E-state index is 11.0. The third-order valence-corrected chi connectivity index (χ3v) is 5.00. The Labute approximate surface area is 151 Å². The molecule has 0 fully saturated rings. The SMILES string of the molecule is CCC(C)C(C)Cc1cncc(Cc2ccc(CNC(C)=O)cc2)c1. The first kappa shape index (κ1) is 19.2. The van der Waals surface area contributed by atoms with Gasteiger partial charge in [-0.2, -0.15) is 0 Å². The number of nitrogens with zero attached hydrogens (tertiary/aromatic N) is 1. The Bertz CT molecular complexity index is 679. The van der Waals surface area contributed by atoms with Crippen LogP contribution in [0.3, 0.4) is 0 Å². The standard InChI is InChI=1S/C22H30N2O/c1-5-16(2)17(3)10-21-12-22(14-23-13-21)11-19-6-8-20(9-7-19)15-24-18(4)25/h6-9,12-14,16-17H,5,10-11,15H2,1-4H3,(H,24,25). The molecule has 0 aliphatic carbocycles. The molecule has 0 radical (unpaired) electrons. The van der Waals surface area contributed by atoms with Crippen LogP contribution < -0.4 is 5.32 Å². The fraction of sp³-hybridized carbons (Fsp3) is 0.455. The zero-order valence-electron chi connectivity index (χ0n) is 15.9. The first-order valence-corrected chi connectivity index (χ1v) is 9.23. The normalized spacial score (nSPS) is 13.3. The van der Waals surface area contributed by atoms with Crippen molar-refractivity contribution in [2.75, 3.05) is 0 Å². The molecule has 0 aliphatic rings. The zero-order valence-corrected chi connectivity index (χ0v) is 15.9. The number of nitrogens with one attached hydrogen (secondary N) is 1. The second-order valence-electron chi connectivity index (χ2n) is 7.17. The van der Waals surface area contributed by atoms with Crippen LogP contribution in [0.25, 0.3) is 0 Å². The van der Waals surface area contributed by atoms with Gasteiger partial charge in [-0.3, -0.25) is 9.78 Å². The number of hydrogen-bond acceptors (Lipinski definition) is 2. The van der Waals surface area contributed by atoms with E-state index in [0.717, 1.165) is 24.3 Å². The second-order valence-corrected chi connectivity index (χ2v) is 7.17. The molecule has 0 saturated carbocycles. The molecule has 1 N–H and O–H groups in total. The van der Waals surface area contributed by atoms with Gasteiger partial charge in [0, 0.05) is 25.9 Å². The quantitative estimate of drug-likeness (QED) is 0.768. The average molecular weight is 338 g/mol. The van der Waals surface area contributed by atoms with Crippen LogP contribution in [0.15, 0.2) is 42.7 Å². The molecule has 3 nitrogen and oxygen atoms in total. The maximum Gasteiger partial charge on any atom is 0.217 e. The Balaban J connectivity index is 1.98. The van der Waals surface area contributed by atoms with Crippen LogP contribution in [0.4, 0.5) is 0 Å². The molecule has 3 heteroatoms. The van der Waals surface area contributed by atoms with Gasteiger partial charge >= 0.3 is 0 Å². The van der Waals surface area contributed by atoms with E-state index >= 15 is 0 Å². The fourth-order valence-corrected chi connectivity index (χ4v) is 2.96. The first-order chi connectivity index (χ1) is 12.0. The first-order valence-electron chi connectivity index (χ1n) is 9.23. The van der Waals surface area contributed by atoms with Crippen molar-refractivity contribution >= 4 is 5.91 Å². The molecule has 0 bridgehead atoms. The molecule has 2 atom stereocenters. The number of benzene rings is 1. The largest absolute Gasteiger partial charge is 0.352 e. The Kier molecular flexibility index (Phi) is 7.17. The van der Waals surface area contributed by atoms with Gasteiger partial charge in [0.2, 0.25) is 5.91 Å². The summed E-state index contributed by atoms with van der Waals surface area (Å²) in [5, 5.41) is 2.82. The molecule has 2 rings (SSSR count). The highest BCUT2D eigenvalue weighted by atomic mass is 16.1. The Morgan fingerprint density at radius 3 is 2.28 bits per heavy atom. The van der Waals surface area contributed by atoms with E-state index in [-0.39, 0.29) is 5.91 Å². The molecule has 2 aromatic rings. The fourth-order valence-electron chi connectivity index (χ4n) is 2.96. The lowest BCUT2D eigenvalue weighted by Crippen LogP contribution is -2.18. The molecule has 1 aromatic carbocycles. The summed E-state index contributed by atoms with van der Waals surface area (Å²) in [5.41, 5.74) is 4.96. The smallest absolute Gasteiger partial charge is 0.217 e. The Morgan fingerprint density at radius 1 is 1.00 bits per heavy atom. The van der Waals surface area contributed by atoms with Crippen LogP contribution in [-0.4, -0.2) is 10.9 Å². The molecule has 1 amide bonds. The minimum absolute atomic E-state index is 0.00131. The van der Waals surface area contributed by atoms with Crippen molar-refractivity contribution in [3.8, 4) is 0 Å². The monoisotopic (exact) mass is 338 g/mol. The topological polar surface area (TPSA) is 42.0 Å². The Hall–Kier alpha value is -2.16.